The number of aliphatic hydroxyl groups is 1. The number of aldehydes is 1. The van der Waals surface area contributed by atoms with Crippen LogP contribution in [0.3, 0.4) is 0 Å². The van der Waals surface area contributed by atoms with Crippen LogP contribution in [0.25, 0.3) is 6.08 Å². The molecule has 1 atom stereocenters. The number of rotatable bonds is 3. The Morgan fingerprint density at radius 2 is 2.21 bits per heavy atom. The zero-order chi connectivity index (χ0) is 14.0. The molecule has 1 aromatic carbocycles. The van der Waals surface area contributed by atoms with E-state index < -0.39 is 11.7 Å². The van der Waals surface area contributed by atoms with E-state index in [0.717, 1.165) is 17.4 Å². The largest absolute Gasteiger partial charge is 0.493 e. The zero-order valence-electron chi connectivity index (χ0n) is 11.3. The Bertz CT molecular complexity index is 517. The summed E-state index contributed by atoms with van der Waals surface area (Å²) < 4.78 is 11.2. The molecule has 0 aliphatic carbocycles. The van der Waals surface area contributed by atoms with Crippen LogP contribution < -0.4 is 9.47 Å². The van der Waals surface area contributed by atoms with Crippen LogP contribution >= 0.6 is 0 Å². The van der Waals surface area contributed by atoms with Crippen LogP contribution in [0.4, 0.5) is 0 Å². The second kappa shape index (κ2) is 5.05. The summed E-state index contributed by atoms with van der Waals surface area (Å²) in [4.78, 5) is 10.4. The van der Waals surface area contributed by atoms with Crippen LogP contribution in [0, 0.1) is 0 Å². The molecule has 102 valence electrons. The molecule has 1 heterocycles. The maximum Gasteiger partial charge on any atom is 0.165 e. The lowest BCUT2D eigenvalue weighted by Gasteiger charge is -2.37. The van der Waals surface area contributed by atoms with Crippen molar-refractivity contribution in [2.45, 2.75) is 32.0 Å². The summed E-state index contributed by atoms with van der Waals surface area (Å²) in [5, 5.41) is 10.1. The van der Waals surface area contributed by atoms with Gasteiger partial charge in [0.25, 0.3) is 0 Å². The molecule has 0 saturated carbocycles. The minimum atomic E-state index is -0.638. The van der Waals surface area contributed by atoms with Crippen molar-refractivity contribution in [3.05, 3.63) is 29.3 Å². The third-order valence-electron chi connectivity index (χ3n) is 3.32. The highest BCUT2D eigenvalue weighted by Gasteiger charge is 2.37. The molecule has 1 aromatic rings. The van der Waals surface area contributed by atoms with Crippen LogP contribution in [0.5, 0.6) is 11.5 Å². The van der Waals surface area contributed by atoms with Gasteiger partial charge in [0.15, 0.2) is 11.5 Å². The Balaban J connectivity index is 2.48. The van der Waals surface area contributed by atoms with Gasteiger partial charge in [0.05, 0.1) is 13.2 Å². The van der Waals surface area contributed by atoms with Gasteiger partial charge in [-0.05, 0) is 37.6 Å². The van der Waals surface area contributed by atoms with E-state index >= 15 is 0 Å². The van der Waals surface area contributed by atoms with E-state index in [-0.39, 0.29) is 0 Å². The van der Waals surface area contributed by atoms with Gasteiger partial charge in [0, 0.05) is 12.0 Å². The smallest absolute Gasteiger partial charge is 0.165 e. The summed E-state index contributed by atoms with van der Waals surface area (Å²) >= 11 is 0. The summed E-state index contributed by atoms with van der Waals surface area (Å²) in [5.41, 5.74) is 1.09. The first kappa shape index (κ1) is 13.6. The van der Waals surface area contributed by atoms with Crippen LogP contribution in [-0.4, -0.2) is 30.2 Å². The monoisotopic (exact) mass is 262 g/mol. The number of methoxy groups -OCH3 is 1. The molecule has 0 spiro atoms. The van der Waals surface area contributed by atoms with Crippen molar-refractivity contribution in [2.24, 2.45) is 0 Å². The first-order chi connectivity index (χ1) is 8.97. The summed E-state index contributed by atoms with van der Waals surface area (Å²) in [6.07, 6.45) is 3.77. The first-order valence-electron chi connectivity index (χ1n) is 6.18. The lowest BCUT2D eigenvalue weighted by Crippen LogP contribution is -2.46. The zero-order valence-corrected chi connectivity index (χ0v) is 11.3. The number of hydrogen-bond acceptors (Lipinski definition) is 4. The second-order valence-electron chi connectivity index (χ2n) is 5.13. The maximum absolute atomic E-state index is 10.4. The van der Waals surface area contributed by atoms with Crippen molar-refractivity contribution in [3.63, 3.8) is 0 Å². The van der Waals surface area contributed by atoms with Gasteiger partial charge in [0.2, 0.25) is 0 Å². The van der Waals surface area contributed by atoms with E-state index in [1.165, 1.54) is 6.08 Å². The van der Waals surface area contributed by atoms with Crippen LogP contribution in [0.15, 0.2) is 18.2 Å². The lowest BCUT2D eigenvalue weighted by molar-refractivity contribution is -0.104. The van der Waals surface area contributed by atoms with E-state index in [0.29, 0.717) is 17.9 Å². The van der Waals surface area contributed by atoms with Gasteiger partial charge in [-0.2, -0.15) is 0 Å². The van der Waals surface area contributed by atoms with Gasteiger partial charge in [0.1, 0.15) is 11.9 Å². The number of fused-ring (bicyclic) bond motifs is 1. The summed E-state index contributed by atoms with van der Waals surface area (Å²) in [6.45, 7) is 3.69. The van der Waals surface area contributed by atoms with Crippen LogP contribution in [0.2, 0.25) is 0 Å². The van der Waals surface area contributed by atoms with Crippen LogP contribution in [0.1, 0.15) is 25.0 Å². The molecule has 0 aromatic heterocycles. The van der Waals surface area contributed by atoms with E-state index in [1.807, 2.05) is 26.0 Å². The van der Waals surface area contributed by atoms with Crippen molar-refractivity contribution in [2.75, 3.05) is 7.11 Å². The SMILES string of the molecule is COc1cc(C=CC=O)cc2c1OC(C)(C)C(O)C2. The minimum Gasteiger partial charge on any atom is -0.493 e. The van der Waals surface area contributed by atoms with E-state index in [2.05, 4.69) is 0 Å². The van der Waals surface area contributed by atoms with Gasteiger partial charge in [-0.25, -0.2) is 0 Å². The average Bonchev–Trinajstić information content (AvgIpc) is 2.37. The summed E-state index contributed by atoms with van der Waals surface area (Å²) in [5.74, 6) is 1.28. The fourth-order valence-electron chi connectivity index (χ4n) is 2.13. The number of hydrogen-bond donors (Lipinski definition) is 1. The molecule has 4 heteroatoms. The van der Waals surface area contributed by atoms with Gasteiger partial charge in [-0.15, -0.1) is 0 Å². The second-order valence-corrected chi connectivity index (χ2v) is 5.13. The lowest BCUT2D eigenvalue weighted by atomic mass is 9.90. The van der Waals surface area contributed by atoms with Crippen molar-refractivity contribution in [1.82, 2.24) is 0 Å². The summed E-state index contributed by atoms with van der Waals surface area (Å²) in [7, 11) is 1.57. The Hall–Kier alpha value is -1.81. The highest BCUT2D eigenvalue weighted by Crippen LogP contribution is 2.41. The maximum atomic E-state index is 10.4. The predicted octanol–water partition coefficient (Wildman–Crippen LogP) is 1.98. The molecule has 19 heavy (non-hydrogen) atoms. The number of carbonyl (C=O) groups excluding carboxylic acids is 1. The molecule has 1 aliphatic heterocycles. The molecular weight excluding hydrogens is 244 g/mol. The molecule has 2 rings (SSSR count). The van der Waals surface area contributed by atoms with Crippen molar-refractivity contribution in [3.8, 4) is 11.5 Å². The van der Waals surface area contributed by atoms with Crippen LogP contribution in [-0.2, 0) is 11.2 Å². The third-order valence-corrected chi connectivity index (χ3v) is 3.32. The molecule has 4 nitrogen and oxygen atoms in total. The molecule has 1 aliphatic rings. The molecular formula is C15H18O4. The van der Waals surface area contributed by atoms with E-state index in [4.69, 9.17) is 9.47 Å². The Morgan fingerprint density at radius 3 is 2.84 bits per heavy atom. The molecule has 1 N–H and O–H groups in total. The Morgan fingerprint density at radius 1 is 1.47 bits per heavy atom. The first-order valence-corrected chi connectivity index (χ1v) is 6.18. The molecule has 0 radical (unpaired) electrons. The molecule has 1 unspecified atom stereocenters. The molecule has 0 saturated heterocycles. The highest BCUT2D eigenvalue weighted by molar-refractivity contribution is 5.74. The Labute approximate surface area is 112 Å². The predicted molar refractivity (Wildman–Crippen MR) is 72.5 cm³/mol. The fourth-order valence-corrected chi connectivity index (χ4v) is 2.13. The molecule has 0 fully saturated rings. The quantitative estimate of drug-likeness (QED) is 0.668. The number of benzene rings is 1. The van der Waals surface area contributed by atoms with Crippen molar-refractivity contribution in [1.29, 1.82) is 0 Å². The highest BCUT2D eigenvalue weighted by atomic mass is 16.5. The summed E-state index contributed by atoms with van der Waals surface area (Å²) in [6, 6.07) is 3.71. The number of allylic oxidation sites excluding steroid dienone is 1. The standard InChI is InChI=1S/C15H18O4/c1-15(2)13(17)9-11-7-10(5-4-6-16)8-12(18-3)14(11)19-15/h4-8,13,17H,9H2,1-3H3. The van der Waals surface area contributed by atoms with Gasteiger partial charge in [-0.3, -0.25) is 4.79 Å². The normalized spacial score (nSPS) is 20.7. The molecule has 0 amide bonds. The third kappa shape index (κ3) is 2.63. The Kier molecular flexibility index (Phi) is 3.62. The van der Waals surface area contributed by atoms with Crippen molar-refractivity contribution >= 4 is 12.4 Å². The number of aliphatic hydroxyl groups excluding tert-OH is 1. The number of ether oxygens (including phenoxy) is 2. The van der Waals surface area contributed by atoms with Gasteiger partial charge < -0.3 is 14.6 Å². The fraction of sp³-hybridized carbons (Fsp3) is 0.400. The van der Waals surface area contributed by atoms with E-state index in [9.17, 15) is 9.90 Å². The van der Waals surface area contributed by atoms with Gasteiger partial charge in [-0.1, -0.05) is 6.08 Å². The molecule has 0 bridgehead atoms. The number of carbonyl (C=O) groups is 1. The average molecular weight is 262 g/mol. The van der Waals surface area contributed by atoms with E-state index in [1.54, 1.807) is 13.2 Å². The topological polar surface area (TPSA) is 55.8 Å². The minimum absolute atomic E-state index is 0.501. The van der Waals surface area contributed by atoms with Crippen molar-refractivity contribution < 1.29 is 19.4 Å². The van der Waals surface area contributed by atoms with Gasteiger partial charge >= 0.3 is 0 Å².